The van der Waals surface area contributed by atoms with Crippen LogP contribution in [0.3, 0.4) is 0 Å². The van der Waals surface area contributed by atoms with E-state index in [9.17, 15) is 0 Å². The standard InChI is InChI=1S/C27H45P2.C12H23P.C5H10/c1-22(28(23-14-7-4-8-15-23)24-16-9-5-10-17-24)26-20-13-21-27(26)29(2,3)25-18-11-6-12-19-25;1-3-7-11(8-4-1)13-12-9-5-2-6-10-12;1-2-4-5-3-1/h6,11-12,18-19,22-24,26-27H,4-5,7-10,13-17,20-21H2,1-3H3;11-13H,1-10H2;1-5H2/q+1;;/t22-,26?,27?;;/m1../s1. The smallest absolute Gasteiger partial charge is 0.0936 e. The zero-order chi connectivity index (χ0) is 32.7. The zero-order valence-electron chi connectivity index (χ0n) is 31.6. The average Bonchev–Trinajstić information content (AvgIpc) is 3.88. The Balaban J connectivity index is 0.000000196. The van der Waals surface area contributed by atoms with Crippen LogP contribution in [0.4, 0.5) is 0 Å². The van der Waals surface area contributed by atoms with Crippen molar-refractivity contribution in [1.82, 2.24) is 0 Å². The Kier molecular flexibility index (Phi) is 17.4. The summed E-state index contributed by atoms with van der Waals surface area (Å²) in [5.74, 6) is 1.01. The first-order valence-electron chi connectivity index (χ1n) is 21.5. The monoisotopic (exact) mass is 700 g/mol. The van der Waals surface area contributed by atoms with Gasteiger partial charge >= 0.3 is 0 Å². The van der Waals surface area contributed by atoms with Crippen molar-refractivity contribution in [2.45, 2.75) is 221 Å². The van der Waals surface area contributed by atoms with Gasteiger partial charge in [0.15, 0.2) is 0 Å². The zero-order valence-corrected chi connectivity index (χ0v) is 34.4. The van der Waals surface area contributed by atoms with Crippen molar-refractivity contribution in [2.75, 3.05) is 13.3 Å². The van der Waals surface area contributed by atoms with E-state index < -0.39 is 7.26 Å². The number of hydrogen-bond acceptors (Lipinski definition) is 0. The van der Waals surface area contributed by atoms with Crippen molar-refractivity contribution in [3.8, 4) is 0 Å². The van der Waals surface area contributed by atoms with Crippen molar-refractivity contribution in [3.63, 3.8) is 0 Å². The second kappa shape index (κ2) is 21.1. The summed E-state index contributed by atoms with van der Waals surface area (Å²) in [7, 11) is 0.474. The van der Waals surface area contributed by atoms with Gasteiger partial charge in [-0.15, -0.1) is 8.58 Å². The third kappa shape index (κ3) is 12.0. The fraction of sp³-hybridized carbons (Fsp3) is 0.864. The lowest BCUT2D eigenvalue weighted by atomic mass is 9.99. The van der Waals surface area contributed by atoms with Gasteiger partial charge in [0, 0.05) is 13.2 Å². The van der Waals surface area contributed by atoms with Crippen molar-refractivity contribution in [3.05, 3.63) is 30.3 Å². The van der Waals surface area contributed by atoms with E-state index >= 15 is 0 Å². The maximum Gasteiger partial charge on any atom is 0.0936 e. The Morgan fingerprint density at radius 3 is 1.36 bits per heavy atom. The topological polar surface area (TPSA) is 0 Å². The minimum atomic E-state index is -1.06. The second-order valence-corrected chi connectivity index (χ2v) is 26.8. The van der Waals surface area contributed by atoms with Gasteiger partial charge in [-0.3, -0.25) is 0 Å². The van der Waals surface area contributed by atoms with Crippen LogP contribution in [0.25, 0.3) is 0 Å². The Morgan fingerprint density at radius 1 is 0.511 bits per heavy atom. The minimum Gasteiger partial charge on any atom is -0.116 e. The van der Waals surface area contributed by atoms with E-state index in [0.717, 1.165) is 39.9 Å². The molecule has 0 bridgehead atoms. The summed E-state index contributed by atoms with van der Waals surface area (Å²) in [6, 6.07) is 11.6. The lowest BCUT2D eigenvalue weighted by Gasteiger charge is -2.45. The highest BCUT2D eigenvalue weighted by Gasteiger charge is 2.50. The van der Waals surface area contributed by atoms with Crippen LogP contribution in [0.1, 0.15) is 187 Å². The van der Waals surface area contributed by atoms with E-state index in [-0.39, 0.29) is 7.92 Å². The van der Waals surface area contributed by atoms with Gasteiger partial charge in [-0.25, -0.2) is 0 Å². The van der Waals surface area contributed by atoms with Gasteiger partial charge in [-0.2, -0.15) is 0 Å². The highest BCUT2D eigenvalue weighted by atomic mass is 31.2. The molecule has 0 aromatic heterocycles. The molecule has 0 spiro atoms. The predicted molar refractivity (Wildman–Crippen MR) is 221 cm³/mol. The summed E-state index contributed by atoms with van der Waals surface area (Å²) in [5.41, 5.74) is 6.50. The Morgan fingerprint density at radius 2 is 0.915 bits per heavy atom. The normalized spacial score (nSPS) is 27.9. The van der Waals surface area contributed by atoms with E-state index in [0.29, 0.717) is 0 Å². The molecule has 6 saturated carbocycles. The summed E-state index contributed by atoms with van der Waals surface area (Å²) in [6.45, 7) is 8.09. The Hall–Kier alpha value is 0.510. The molecule has 47 heavy (non-hydrogen) atoms. The fourth-order valence-electron chi connectivity index (χ4n) is 11.0. The Labute approximate surface area is 298 Å². The Bertz CT molecular complexity index is 891. The van der Waals surface area contributed by atoms with Gasteiger partial charge in [0.1, 0.15) is 0 Å². The number of benzene rings is 1. The first kappa shape index (κ1) is 38.7. The molecule has 6 aliphatic rings. The van der Waals surface area contributed by atoms with Crippen LogP contribution in [0.15, 0.2) is 30.3 Å². The largest absolute Gasteiger partial charge is 0.116 e. The molecule has 268 valence electrons. The SMILES string of the molecule is C1CCC(PC2CCCCC2)CC1.C1CCCC1.C[C@H](C1CCCC1[P+](C)(C)c1ccccc1)P(C1CCCCC1)C1CCCCC1. The van der Waals surface area contributed by atoms with E-state index in [1.165, 1.54) is 137 Å². The van der Waals surface area contributed by atoms with Crippen molar-refractivity contribution in [2.24, 2.45) is 5.92 Å². The first-order valence-corrected chi connectivity index (χ1v) is 26.9. The van der Waals surface area contributed by atoms with Crippen LogP contribution in [-0.4, -0.2) is 47.3 Å². The summed E-state index contributed by atoms with van der Waals surface area (Å²) in [5, 5.41) is 1.68. The maximum absolute atomic E-state index is 2.75. The second-order valence-electron chi connectivity index (χ2n) is 17.4. The molecule has 2 unspecified atom stereocenters. The summed E-state index contributed by atoms with van der Waals surface area (Å²) in [4.78, 5) is 0. The van der Waals surface area contributed by atoms with Crippen molar-refractivity contribution in [1.29, 1.82) is 0 Å². The van der Waals surface area contributed by atoms with Crippen molar-refractivity contribution < 1.29 is 0 Å². The lowest BCUT2D eigenvalue weighted by molar-refractivity contribution is 0.466. The molecule has 1 aromatic rings. The van der Waals surface area contributed by atoms with Crippen molar-refractivity contribution >= 4 is 29.1 Å². The van der Waals surface area contributed by atoms with Crippen LogP contribution in [0, 0.1) is 5.92 Å². The van der Waals surface area contributed by atoms with Gasteiger partial charge < -0.3 is 0 Å². The maximum atomic E-state index is 2.75. The van der Waals surface area contributed by atoms with Crippen LogP contribution < -0.4 is 5.30 Å². The summed E-state index contributed by atoms with van der Waals surface area (Å²) < 4.78 is 0. The van der Waals surface area contributed by atoms with Crippen LogP contribution >= 0.6 is 23.8 Å². The molecule has 3 atom stereocenters. The number of hydrogen-bond donors (Lipinski definition) is 0. The third-order valence-electron chi connectivity index (χ3n) is 13.8. The molecule has 0 saturated heterocycles. The van der Waals surface area contributed by atoms with Gasteiger partial charge in [0.25, 0.3) is 0 Å². The van der Waals surface area contributed by atoms with Crippen LogP contribution in [-0.2, 0) is 0 Å². The van der Waals surface area contributed by atoms with E-state index in [1.807, 2.05) is 0 Å². The van der Waals surface area contributed by atoms with Crippen LogP contribution in [0.5, 0.6) is 0 Å². The van der Waals surface area contributed by atoms with Crippen LogP contribution in [0.2, 0.25) is 0 Å². The third-order valence-corrected chi connectivity index (χ3v) is 23.9. The molecule has 0 nitrogen and oxygen atoms in total. The predicted octanol–water partition coefficient (Wildman–Crippen LogP) is 14.6. The molecule has 0 N–H and O–H groups in total. The van der Waals surface area contributed by atoms with Gasteiger partial charge in [0.05, 0.1) is 24.3 Å². The molecular formula is C44H78P3+. The minimum absolute atomic E-state index is 0.206. The molecule has 3 heteroatoms. The highest BCUT2D eigenvalue weighted by molar-refractivity contribution is 7.82. The summed E-state index contributed by atoms with van der Waals surface area (Å²) in [6.07, 6.45) is 42.9. The number of rotatable bonds is 8. The quantitative estimate of drug-likeness (QED) is 0.237. The first-order chi connectivity index (χ1) is 23.0. The lowest BCUT2D eigenvalue weighted by Crippen LogP contribution is -2.35. The molecule has 7 rings (SSSR count). The summed E-state index contributed by atoms with van der Waals surface area (Å²) >= 11 is 0. The molecule has 0 radical (unpaired) electrons. The van der Waals surface area contributed by atoms with E-state index in [2.05, 4.69) is 50.6 Å². The van der Waals surface area contributed by atoms with E-state index in [1.54, 1.807) is 56.7 Å². The molecule has 0 aliphatic heterocycles. The molecule has 6 aliphatic carbocycles. The molecule has 0 amide bonds. The fourth-order valence-corrected chi connectivity index (χ4v) is 21.5. The average molecular weight is 700 g/mol. The van der Waals surface area contributed by atoms with Gasteiger partial charge in [-0.05, 0) is 111 Å². The van der Waals surface area contributed by atoms with E-state index in [4.69, 9.17) is 0 Å². The van der Waals surface area contributed by atoms with Gasteiger partial charge in [-0.1, -0.05) is 142 Å². The molecular weight excluding hydrogens is 621 g/mol. The van der Waals surface area contributed by atoms with Gasteiger partial charge in [0.2, 0.25) is 0 Å². The molecule has 0 heterocycles. The molecule has 1 aromatic carbocycles. The highest BCUT2D eigenvalue weighted by Crippen LogP contribution is 2.68. The molecule has 6 fully saturated rings.